The Labute approximate surface area is 284 Å². The van der Waals surface area contributed by atoms with Gasteiger partial charge in [0, 0.05) is 25.2 Å². The summed E-state index contributed by atoms with van der Waals surface area (Å²) in [5, 5.41) is 7.45. The molecule has 5 heterocycles. The standard InChI is InChI=1S/C36H33F3N6O5/c1-2-49-35(47)31-30(27-13-14-28-34(46)44(16-17-45(27)28)19-21-7-11-23(38)24(39)18-21)29(33-42-36(48)50-43-33)25(41-32(31)26-4-3-15-40-26)12-8-20-5-9-22(37)10-6-20/h5-7,9-11,13-14,18,26,40H,2-4,8,12,15-17,19H2,1H3,(H,42,43,48)/t26-/m0/s1. The maximum atomic E-state index is 14.0. The number of halogens is 3. The lowest BCUT2D eigenvalue weighted by Crippen LogP contribution is -2.39. The SMILES string of the molecule is CCOC(=O)c1c([C@@H]2CCCN2)nc(CCc2ccc(F)cc2)c(-c2noc(=O)[nH]2)c1-c1ccc2n1CCN(Cc1ccc(F)c(F)c1)C2=O. The molecule has 0 radical (unpaired) electrons. The first-order chi connectivity index (χ1) is 24.2. The first-order valence-corrected chi connectivity index (χ1v) is 16.4. The zero-order chi connectivity index (χ0) is 34.9. The van der Waals surface area contributed by atoms with Crippen LogP contribution in [0.2, 0.25) is 0 Å². The zero-order valence-electron chi connectivity index (χ0n) is 27.1. The second kappa shape index (κ2) is 13.8. The van der Waals surface area contributed by atoms with Gasteiger partial charge in [-0.2, -0.15) is 0 Å². The minimum atomic E-state index is -0.997. The van der Waals surface area contributed by atoms with Crippen molar-refractivity contribution in [2.75, 3.05) is 19.7 Å². The van der Waals surface area contributed by atoms with E-state index in [1.54, 1.807) is 40.7 Å². The zero-order valence-corrected chi connectivity index (χ0v) is 27.1. The van der Waals surface area contributed by atoms with Crippen molar-refractivity contribution in [3.05, 3.63) is 116 Å². The number of hydrogen-bond donors (Lipinski definition) is 2. The number of hydrogen-bond acceptors (Lipinski definition) is 8. The van der Waals surface area contributed by atoms with E-state index in [0.717, 1.165) is 30.7 Å². The molecular formula is C36H33F3N6O5. The summed E-state index contributed by atoms with van der Waals surface area (Å²) in [7, 11) is 0. The highest BCUT2D eigenvalue weighted by Crippen LogP contribution is 2.42. The Hall–Kier alpha value is -5.50. The monoisotopic (exact) mass is 686 g/mol. The number of fused-ring (bicyclic) bond motifs is 1. The Morgan fingerprint density at radius 2 is 1.74 bits per heavy atom. The van der Waals surface area contributed by atoms with E-state index < -0.39 is 23.4 Å². The van der Waals surface area contributed by atoms with E-state index in [4.69, 9.17) is 14.2 Å². The second-order valence-corrected chi connectivity index (χ2v) is 12.2. The molecule has 5 aromatic rings. The third kappa shape index (κ3) is 6.33. The number of rotatable bonds is 10. The molecule has 50 heavy (non-hydrogen) atoms. The summed E-state index contributed by atoms with van der Waals surface area (Å²) in [5.74, 6) is -4.07. The van der Waals surface area contributed by atoms with Crippen LogP contribution < -0.4 is 11.1 Å². The van der Waals surface area contributed by atoms with Gasteiger partial charge in [0.25, 0.3) is 5.91 Å². The first kappa shape index (κ1) is 33.0. The van der Waals surface area contributed by atoms with Crippen molar-refractivity contribution in [3.63, 3.8) is 0 Å². The normalized spacial score (nSPS) is 15.8. The number of carbonyl (C=O) groups excluding carboxylic acids is 2. The van der Waals surface area contributed by atoms with Gasteiger partial charge in [-0.25, -0.2) is 22.8 Å². The van der Waals surface area contributed by atoms with Gasteiger partial charge in [0.15, 0.2) is 17.5 Å². The number of nitrogens with zero attached hydrogens (tertiary/aromatic N) is 4. The number of amides is 1. The average Bonchev–Trinajstić information content (AvgIpc) is 3.89. The second-order valence-electron chi connectivity index (χ2n) is 12.2. The molecule has 1 atom stereocenters. The number of H-pyrrole nitrogens is 1. The molecule has 0 unspecified atom stereocenters. The number of aromatic nitrogens is 4. The van der Waals surface area contributed by atoms with E-state index in [1.165, 1.54) is 18.2 Å². The van der Waals surface area contributed by atoms with Crippen LogP contribution in [0, 0.1) is 17.5 Å². The molecule has 0 saturated carbocycles. The molecule has 1 fully saturated rings. The maximum absolute atomic E-state index is 14.0. The van der Waals surface area contributed by atoms with Crippen molar-refractivity contribution in [2.24, 2.45) is 0 Å². The van der Waals surface area contributed by atoms with Crippen LogP contribution in [0.1, 0.15) is 69.2 Å². The molecule has 2 aromatic carbocycles. The molecule has 0 spiro atoms. The molecule has 1 saturated heterocycles. The third-order valence-electron chi connectivity index (χ3n) is 9.11. The fourth-order valence-corrected chi connectivity index (χ4v) is 6.79. The Bertz CT molecular complexity index is 2130. The summed E-state index contributed by atoms with van der Waals surface area (Å²) in [5.41, 5.74) is 3.94. The molecule has 0 bridgehead atoms. The molecule has 14 heteroatoms. The van der Waals surface area contributed by atoms with Gasteiger partial charge in [0.1, 0.15) is 11.5 Å². The van der Waals surface area contributed by atoms with E-state index in [0.29, 0.717) is 65.3 Å². The molecule has 2 aliphatic heterocycles. The topological polar surface area (TPSA) is 135 Å². The fourth-order valence-electron chi connectivity index (χ4n) is 6.79. The lowest BCUT2D eigenvalue weighted by atomic mass is 9.90. The van der Waals surface area contributed by atoms with Gasteiger partial charge < -0.3 is 19.5 Å². The van der Waals surface area contributed by atoms with Gasteiger partial charge >= 0.3 is 11.7 Å². The Balaban J connectivity index is 1.40. The number of aryl methyl sites for hydroxylation is 2. The summed E-state index contributed by atoms with van der Waals surface area (Å²) in [6, 6.07) is 12.7. The van der Waals surface area contributed by atoms with Crippen molar-refractivity contribution in [1.29, 1.82) is 0 Å². The molecule has 1 amide bonds. The van der Waals surface area contributed by atoms with E-state index in [2.05, 4.69) is 15.5 Å². The lowest BCUT2D eigenvalue weighted by Gasteiger charge is -2.30. The predicted molar refractivity (Wildman–Crippen MR) is 175 cm³/mol. The largest absolute Gasteiger partial charge is 0.462 e. The number of benzene rings is 2. The van der Waals surface area contributed by atoms with Gasteiger partial charge in [-0.15, -0.1) is 0 Å². The molecule has 258 valence electrons. The fraction of sp³-hybridized carbons (Fsp3) is 0.306. The van der Waals surface area contributed by atoms with Crippen molar-refractivity contribution < 1.29 is 32.0 Å². The number of ether oxygens (including phenoxy) is 1. The van der Waals surface area contributed by atoms with Gasteiger partial charge in [-0.1, -0.05) is 23.4 Å². The first-order valence-electron chi connectivity index (χ1n) is 16.4. The highest BCUT2D eigenvalue weighted by Gasteiger charge is 2.36. The van der Waals surface area contributed by atoms with Crippen LogP contribution in [0.4, 0.5) is 13.2 Å². The number of carbonyl (C=O) groups is 2. The Kier molecular flexibility index (Phi) is 9.10. The molecule has 0 aliphatic carbocycles. The van der Waals surface area contributed by atoms with E-state index in [9.17, 15) is 27.6 Å². The quantitative estimate of drug-likeness (QED) is 0.188. The van der Waals surface area contributed by atoms with Crippen LogP contribution in [0.25, 0.3) is 22.6 Å². The van der Waals surface area contributed by atoms with Crippen LogP contribution >= 0.6 is 0 Å². The number of aromatic amines is 1. The summed E-state index contributed by atoms with van der Waals surface area (Å²) >= 11 is 0. The smallest absolute Gasteiger partial charge is 0.439 e. The van der Waals surface area contributed by atoms with Crippen LogP contribution in [0.15, 0.2) is 63.9 Å². The number of esters is 1. The minimum absolute atomic E-state index is 0.0423. The summed E-state index contributed by atoms with van der Waals surface area (Å²) < 4.78 is 53.6. The Morgan fingerprint density at radius 3 is 2.44 bits per heavy atom. The maximum Gasteiger partial charge on any atom is 0.439 e. The lowest BCUT2D eigenvalue weighted by molar-refractivity contribution is 0.0524. The summed E-state index contributed by atoms with van der Waals surface area (Å²) in [6.07, 6.45) is 2.33. The van der Waals surface area contributed by atoms with Crippen LogP contribution in [0.3, 0.4) is 0 Å². The molecule has 11 nitrogen and oxygen atoms in total. The van der Waals surface area contributed by atoms with Gasteiger partial charge in [0.05, 0.1) is 40.9 Å². The van der Waals surface area contributed by atoms with Gasteiger partial charge in [-0.3, -0.25) is 19.3 Å². The van der Waals surface area contributed by atoms with Crippen molar-refractivity contribution in [2.45, 2.75) is 51.7 Å². The predicted octanol–water partition coefficient (Wildman–Crippen LogP) is 5.35. The van der Waals surface area contributed by atoms with E-state index in [-0.39, 0.29) is 48.9 Å². The minimum Gasteiger partial charge on any atom is -0.462 e. The third-order valence-corrected chi connectivity index (χ3v) is 9.11. The average molecular weight is 687 g/mol. The van der Waals surface area contributed by atoms with E-state index >= 15 is 0 Å². The number of pyridine rings is 1. The molecule has 7 rings (SSSR count). The van der Waals surface area contributed by atoms with Crippen molar-refractivity contribution in [3.8, 4) is 22.6 Å². The van der Waals surface area contributed by atoms with E-state index in [1.807, 2.05) is 0 Å². The highest BCUT2D eigenvalue weighted by atomic mass is 19.2. The summed E-state index contributed by atoms with van der Waals surface area (Å²) in [6.45, 7) is 3.10. The van der Waals surface area contributed by atoms with Gasteiger partial charge in [-0.05, 0) is 86.7 Å². The van der Waals surface area contributed by atoms with Crippen molar-refractivity contribution >= 4 is 11.9 Å². The molecular weight excluding hydrogens is 653 g/mol. The molecule has 2 N–H and O–H groups in total. The van der Waals surface area contributed by atoms with Crippen LogP contribution in [-0.2, 0) is 30.7 Å². The number of nitrogens with one attached hydrogen (secondary N) is 2. The van der Waals surface area contributed by atoms with Crippen LogP contribution in [-0.4, -0.2) is 56.2 Å². The van der Waals surface area contributed by atoms with Crippen LogP contribution in [0.5, 0.6) is 0 Å². The van der Waals surface area contributed by atoms with Gasteiger partial charge in [0.2, 0.25) is 0 Å². The molecule has 3 aromatic heterocycles. The molecule has 2 aliphatic rings. The summed E-state index contributed by atoms with van der Waals surface area (Å²) in [4.78, 5) is 49.4. The highest BCUT2D eigenvalue weighted by molar-refractivity contribution is 6.04. The van der Waals surface area contributed by atoms with Crippen molar-refractivity contribution in [1.82, 2.24) is 29.9 Å². The Morgan fingerprint density at radius 1 is 0.960 bits per heavy atom.